The van der Waals surface area contributed by atoms with E-state index in [0.29, 0.717) is 6.42 Å². The van der Waals surface area contributed by atoms with E-state index in [4.69, 9.17) is 9.47 Å². The second-order valence-corrected chi connectivity index (χ2v) is 10.1. The number of carbonyl (C=O) groups excluding carboxylic acids is 6. The van der Waals surface area contributed by atoms with Crippen molar-refractivity contribution in [1.29, 1.82) is 0 Å². The third-order valence-corrected chi connectivity index (χ3v) is 7.26. The molecule has 3 aliphatic heterocycles. The van der Waals surface area contributed by atoms with E-state index in [1.54, 1.807) is 18.2 Å². The zero-order chi connectivity index (χ0) is 28.9. The number of fused-ring (bicyclic) bond motifs is 1. The molecule has 3 saturated heterocycles. The highest BCUT2D eigenvalue weighted by molar-refractivity contribution is 6.43. The van der Waals surface area contributed by atoms with Gasteiger partial charge in [0.25, 0.3) is 11.8 Å². The van der Waals surface area contributed by atoms with Crippen molar-refractivity contribution in [2.24, 2.45) is 0 Å². The summed E-state index contributed by atoms with van der Waals surface area (Å²) in [6.45, 7) is 0.385. The summed E-state index contributed by atoms with van der Waals surface area (Å²) >= 11 is 0. The number of hydrazine groups is 1. The summed E-state index contributed by atoms with van der Waals surface area (Å²) in [4.78, 5) is 77.5. The molecule has 3 heterocycles. The van der Waals surface area contributed by atoms with Gasteiger partial charge in [0, 0.05) is 18.5 Å². The first-order valence-electron chi connectivity index (χ1n) is 13.5. The van der Waals surface area contributed by atoms with Crippen molar-refractivity contribution in [3.63, 3.8) is 0 Å². The lowest BCUT2D eigenvalue weighted by atomic mass is 10.0. The third-order valence-electron chi connectivity index (χ3n) is 7.26. The molecule has 0 aromatic heterocycles. The second-order valence-electron chi connectivity index (χ2n) is 10.1. The molecule has 4 atom stereocenters. The minimum absolute atomic E-state index is 0.0207. The number of rotatable bonds is 8. The molecule has 3 aliphatic rings. The quantitative estimate of drug-likeness (QED) is 0.273. The van der Waals surface area contributed by atoms with E-state index in [0.717, 1.165) is 10.6 Å². The van der Waals surface area contributed by atoms with Crippen molar-refractivity contribution in [2.45, 2.75) is 63.1 Å². The Morgan fingerprint density at radius 1 is 0.927 bits per heavy atom. The van der Waals surface area contributed by atoms with Crippen molar-refractivity contribution in [2.75, 3.05) is 6.54 Å². The summed E-state index contributed by atoms with van der Waals surface area (Å²) in [5.74, 6) is -3.95. The molecule has 41 heavy (non-hydrogen) atoms. The van der Waals surface area contributed by atoms with Gasteiger partial charge < -0.3 is 20.1 Å². The van der Waals surface area contributed by atoms with Crippen molar-refractivity contribution in [1.82, 2.24) is 20.7 Å². The first kappa shape index (κ1) is 28.0. The van der Waals surface area contributed by atoms with E-state index >= 15 is 0 Å². The number of hydrogen-bond donors (Lipinski definition) is 2. The van der Waals surface area contributed by atoms with Crippen LogP contribution in [0.2, 0.25) is 0 Å². The number of carbonyl (C=O) groups is 6. The molecule has 2 N–H and O–H groups in total. The molecule has 0 bridgehead atoms. The van der Waals surface area contributed by atoms with Gasteiger partial charge in [-0.3, -0.25) is 33.8 Å². The average Bonchev–Trinajstić information content (AvgIpc) is 3.30. The standard InChI is InChI=1S/C29H30N4O8/c34-23-14-13-20(30-27(38)25(36)19-10-5-2-6-11-19)28(39)33-22(12-7-15-32(23)33)26(37)31-21-16-24(35)41-29(21)40-17-18-8-3-1-4-9-18/h1-6,8-11,20-22,29H,7,12-17H2,(H,30,38)(H,31,37)/t20?,21-,22?,29+/m0/s1. The Labute approximate surface area is 235 Å². The average molecular weight is 563 g/mol. The summed E-state index contributed by atoms with van der Waals surface area (Å²) in [7, 11) is 0. The number of ketones is 1. The van der Waals surface area contributed by atoms with Gasteiger partial charge >= 0.3 is 5.97 Å². The number of hydrogen-bond acceptors (Lipinski definition) is 8. The van der Waals surface area contributed by atoms with Crippen LogP contribution < -0.4 is 10.6 Å². The predicted molar refractivity (Wildman–Crippen MR) is 141 cm³/mol. The molecule has 0 radical (unpaired) electrons. The van der Waals surface area contributed by atoms with Crippen LogP contribution in [0.5, 0.6) is 0 Å². The summed E-state index contributed by atoms with van der Waals surface area (Å²) in [5, 5.41) is 7.55. The Kier molecular flexibility index (Phi) is 8.39. The van der Waals surface area contributed by atoms with Crippen LogP contribution in [0.15, 0.2) is 60.7 Å². The molecular formula is C29H30N4O8. The van der Waals surface area contributed by atoms with E-state index in [1.165, 1.54) is 17.1 Å². The van der Waals surface area contributed by atoms with Crippen molar-refractivity contribution >= 4 is 35.4 Å². The molecule has 0 aliphatic carbocycles. The lowest BCUT2D eigenvalue weighted by Crippen LogP contribution is -2.64. The fourth-order valence-corrected chi connectivity index (χ4v) is 5.19. The van der Waals surface area contributed by atoms with Crippen molar-refractivity contribution in [3.05, 3.63) is 71.8 Å². The Morgan fingerprint density at radius 2 is 1.63 bits per heavy atom. The number of nitrogens with zero attached hydrogens (tertiary/aromatic N) is 2. The lowest BCUT2D eigenvalue weighted by Gasteiger charge is -2.43. The van der Waals surface area contributed by atoms with Crippen LogP contribution in [0, 0.1) is 0 Å². The minimum Gasteiger partial charge on any atom is -0.433 e. The SMILES string of the molecule is O=C1C[C@H](NC(=O)C2CCCN3C(=O)CCC(NC(=O)C(=O)c4ccccc4)C(=O)N23)[C@H](OCc2ccccc2)O1. The maximum Gasteiger partial charge on any atom is 0.310 e. The Morgan fingerprint density at radius 3 is 2.37 bits per heavy atom. The molecule has 12 heteroatoms. The van der Waals surface area contributed by atoms with Gasteiger partial charge in [0.1, 0.15) is 18.1 Å². The van der Waals surface area contributed by atoms with Crippen LogP contribution in [0.25, 0.3) is 0 Å². The minimum atomic E-state index is -1.18. The van der Waals surface area contributed by atoms with Gasteiger partial charge in [-0.15, -0.1) is 0 Å². The van der Waals surface area contributed by atoms with E-state index in [1.807, 2.05) is 30.3 Å². The summed E-state index contributed by atoms with van der Waals surface area (Å²) in [6.07, 6.45) is -0.500. The number of amides is 4. The Bertz CT molecular complexity index is 1330. The normalized spacial score (nSPS) is 24.2. The molecule has 0 saturated carbocycles. The molecule has 5 rings (SSSR count). The Hall–Kier alpha value is -4.58. The maximum absolute atomic E-state index is 13.7. The predicted octanol–water partition coefficient (Wildman–Crippen LogP) is 0.857. The van der Waals surface area contributed by atoms with Crippen LogP contribution in [0.1, 0.15) is 48.0 Å². The summed E-state index contributed by atoms with van der Waals surface area (Å²) in [5.41, 5.74) is 1.02. The van der Waals surface area contributed by atoms with Crippen LogP contribution in [0.3, 0.4) is 0 Å². The van der Waals surface area contributed by atoms with Gasteiger partial charge in [-0.25, -0.2) is 5.01 Å². The number of esters is 1. The fourth-order valence-electron chi connectivity index (χ4n) is 5.19. The molecule has 0 spiro atoms. The molecule has 4 amide bonds. The van der Waals surface area contributed by atoms with Crippen LogP contribution >= 0.6 is 0 Å². The number of ether oxygens (including phenoxy) is 2. The maximum atomic E-state index is 13.7. The zero-order valence-corrected chi connectivity index (χ0v) is 22.2. The Balaban J connectivity index is 1.28. The molecule has 2 aromatic carbocycles. The molecule has 12 nitrogen and oxygen atoms in total. The molecule has 2 unspecified atom stereocenters. The van der Waals surface area contributed by atoms with E-state index in [9.17, 15) is 28.8 Å². The second kappa shape index (κ2) is 12.3. The van der Waals surface area contributed by atoms with Gasteiger partial charge in [-0.2, -0.15) is 0 Å². The van der Waals surface area contributed by atoms with Gasteiger partial charge in [0.15, 0.2) is 0 Å². The topological polar surface area (TPSA) is 151 Å². The molecule has 214 valence electrons. The molecule has 2 aromatic rings. The highest BCUT2D eigenvalue weighted by atomic mass is 16.7. The zero-order valence-electron chi connectivity index (χ0n) is 22.2. The number of nitrogens with one attached hydrogen (secondary N) is 2. The fraction of sp³-hybridized carbons (Fsp3) is 0.379. The van der Waals surface area contributed by atoms with E-state index < -0.39 is 53.9 Å². The largest absolute Gasteiger partial charge is 0.433 e. The van der Waals surface area contributed by atoms with Crippen LogP contribution in [-0.4, -0.2) is 76.4 Å². The number of benzene rings is 2. The first-order chi connectivity index (χ1) is 19.8. The highest BCUT2D eigenvalue weighted by Crippen LogP contribution is 2.26. The monoisotopic (exact) mass is 562 g/mol. The van der Waals surface area contributed by atoms with Gasteiger partial charge in [0.05, 0.1) is 13.0 Å². The molecule has 3 fully saturated rings. The van der Waals surface area contributed by atoms with Crippen LogP contribution in [0.4, 0.5) is 0 Å². The van der Waals surface area contributed by atoms with E-state index in [-0.39, 0.29) is 50.3 Å². The molecular weight excluding hydrogens is 532 g/mol. The van der Waals surface area contributed by atoms with Crippen molar-refractivity contribution < 1.29 is 38.2 Å². The third kappa shape index (κ3) is 6.27. The smallest absolute Gasteiger partial charge is 0.310 e. The number of cyclic esters (lactones) is 1. The van der Waals surface area contributed by atoms with Crippen LogP contribution in [-0.2, 0) is 40.1 Å². The first-order valence-corrected chi connectivity index (χ1v) is 13.5. The van der Waals surface area contributed by atoms with Gasteiger partial charge in [-0.1, -0.05) is 60.7 Å². The van der Waals surface area contributed by atoms with Gasteiger partial charge in [-0.05, 0) is 24.8 Å². The summed E-state index contributed by atoms with van der Waals surface area (Å²) < 4.78 is 11.0. The van der Waals surface area contributed by atoms with Gasteiger partial charge in [0.2, 0.25) is 23.9 Å². The number of Topliss-reactive ketones (excluding diaryl/α,β-unsaturated/α-hetero) is 1. The van der Waals surface area contributed by atoms with Crippen molar-refractivity contribution in [3.8, 4) is 0 Å². The lowest BCUT2D eigenvalue weighted by molar-refractivity contribution is -0.178. The highest BCUT2D eigenvalue weighted by Gasteiger charge is 2.46. The summed E-state index contributed by atoms with van der Waals surface area (Å²) in [6, 6.07) is 14.1. The van der Waals surface area contributed by atoms with E-state index in [2.05, 4.69) is 10.6 Å².